The predicted molar refractivity (Wildman–Crippen MR) is 66.9 cm³/mol. The normalized spacial score (nSPS) is 21.5. The molecule has 1 heterocycles. The Morgan fingerprint density at radius 1 is 1.32 bits per heavy atom. The van der Waals surface area contributed by atoms with Gasteiger partial charge in [0.15, 0.2) is 11.6 Å². The Balaban J connectivity index is 2.44. The van der Waals surface area contributed by atoms with Crippen LogP contribution in [0.25, 0.3) is 0 Å². The van der Waals surface area contributed by atoms with Crippen LogP contribution in [0, 0.1) is 11.6 Å². The van der Waals surface area contributed by atoms with Crippen molar-refractivity contribution in [2.75, 3.05) is 13.1 Å². The molecule has 1 unspecified atom stereocenters. The third kappa shape index (κ3) is 2.63. The number of nitrogens with two attached hydrogens (primary N) is 1. The van der Waals surface area contributed by atoms with Crippen LogP contribution in [0.5, 0.6) is 0 Å². The first-order valence-corrected chi connectivity index (χ1v) is 7.58. The second kappa shape index (κ2) is 5.52. The van der Waals surface area contributed by atoms with Crippen LogP contribution >= 0.6 is 0 Å². The molecule has 0 aliphatic carbocycles. The van der Waals surface area contributed by atoms with Gasteiger partial charge in [-0.3, -0.25) is 0 Å². The molecule has 0 bridgehead atoms. The fraction of sp³-hybridized carbons (Fsp3) is 0.500. The SMILES string of the molecule is NCC1CCCCN1S(=O)(=O)c1cccc(F)c1F. The van der Waals surface area contributed by atoms with E-state index in [-0.39, 0.29) is 12.6 Å². The lowest BCUT2D eigenvalue weighted by atomic mass is 10.1. The zero-order valence-electron chi connectivity index (χ0n) is 10.4. The molecule has 1 atom stereocenters. The van der Waals surface area contributed by atoms with Crippen molar-refractivity contribution in [1.29, 1.82) is 0 Å². The van der Waals surface area contributed by atoms with E-state index in [9.17, 15) is 17.2 Å². The second-order valence-corrected chi connectivity index (χ2v) is 6.41. The highest BCUT2D eigenvalue weighted by Gasteiger charge is 2.34. The van der Waals surface area contributed by atoms with Gasteiger partial charge in [-0.1, -0.05) is 12.5 Å². The van der Waals surface area contributed by atoms with E-state index in [0.717, 1.165) is 18.6 Å². The maximum atomic E-state index is 13.7. The third-order valence-corrected chi connectivity index (χ3v) is 5.32. The Bertz CT molecular complexity index is 563. The van der Waals surface area contributed by atoms with E-state index in [1.54, 1.807) is 0 Å². The lowest BCUT2D eigenvalue weighted by Crippen LogP contribution is -2.47. The van der Waals surface area contributed by atoms with Gasteiger partial charge in [-0.15, -0.1) is 0 Å². The van der Waals surface area contributed by atoms with Crippen molar-refractivity contribution >= 4 is 10.0 Å². The van der Waals surface area contributed by atoms with Gasteiger partial charge in [-0.05, 0) is 25.0 Å². The Labute approximate surface area is 111 Å². The number of nitrogens with zero attached hydrogens (tertiary/aromatic N) is 1. The summed E-state index contributed by atoms with van der Waals surface area (Å²) in [6.45, 7) is 0.469. The third-order valence-electron chi connectivity index (χ3n) is 3.35. The molecule has 1 fully saturated rings. The van der Waals surface area contributed by atoms with Gasteiger partial charge in [0.2, 0.25) is 10.0 Å². The summed E-state index contributed by atoms with van der Waals surface area (Å²) >= 11 is 0. The van der Waals surface area contributed by atoms with E-state index < -0.39 is 26.6 Å². The fourth-order valence-electron chi connectivity index (χ4n) is 2.34. The van der Waals surface area contributed by atoms with Crippen molar-refractivity contribution in [2.45, 2.75) is 30.2 Å². The van der Waals surface area contributed by atoms with E-state index in [0.29, 0.717) is 19.4 Å². The van der Waals surface area contributed by atoms with Gasteiger partial charge in [0.25, 0.3) is 0 Å². The molecular weight excluding hydrogens is 274 g/mol. The molecule has 0 aromatic heterocycles. The number of piperidine rings is 1. The molecule has 2 N–H and O–H groups in total. The summed E-state index contributed by atoms with van der Waals surface area (Å²) < 4.78 is 52.8. The Kier molecular flexibility index (Phi) is 4.17. The lowest BCUT2D eigenvalue weighted by molar-refractivity contribution is 0.256. The van der Waals surface area contributed by atoms with Gasteiger partial charge in [0.05, 0.1) is 0 Å². The summed E-state index contributed by atoms with van der Waals surface area (Å²) in [5.74, 6) is -2.49. The van der Waals surface area contributed by atoms with Crippen molar-refractivity contribution in [3.63, 3.8) is 0 Å². The van der Waals surface area contributed by atoms with Crippen molar-refractivity contribution in [1.82, 2.24) is 4.31 Å². The molecule has 19 heavy (non-hydrogen) atoms. The zero-order chi connectivity index (χ0) is 14.0. The van der Waals surface area contributed by atoms with Crippen LogP contribution < -0.4 is 5.73 Å². The topological polar surface area (TPSA) is 63.4 Å². The first-order valence-electron chi connectivity index (χ1n) is 6.14. The van der Waals surface area contributed by atoms with Gasteiger partial charge in [0, 0.05) is 19.1 Å². The maximum Gasteiger partial charge on any atom is 0.246 e. The molecule has 106 valence electrons. The van der Waals surface area contributed by atoms with Crippen LogP contribution in [0.15, 0.2) is 23.1 Å². The molecule has 1 saturated heterocycles. The largest absolute Gasteiger partial charge is 0.329 e. The van der Waals surface area contributed by atoms with Gasteiger partial charge < -0.3 is 5.73 Å². The number of benzene rings is 1. The van der Waals surface area contributed by atoms with Gasteiger partial charge in [0.1, 0.15) is 4.90 Å². The van der Waals surface area contributed by atoms with Gasteiger partial charge in [-0.2, -0.15) is 4.31 Å². The van der Waals surface area contributed by atoms with Crippen LogP contribution in [-0.2, 0) is 10.0 Å². The minimum Gasteiger partial charge on any atom is -0.329 e. The van der Waals surface area contributed by atoms with E-state index in [2.05, 4.69) is 0 Å². The van der Waals surface area contributed by atoms with Crippen molar-refractivity contribution in [2.24, 2.45) is 5.73 Å². The summed E-state index contributed by atoms with van der Waals surface area (Å²) in [6.07, 6.45) is 2.23. The van der Waals surface area contributed by atoms with Crippen LogP contribution in [0.1, 0.15) is 19.3 Å². The highest BCUT2D eigenvalue weighted by molar-refractivity contribution is 7.89. The average Bonchev–Trinajstić information content (AvgIpc) is 2.41. The standard InChI is InChI=1S/C12H16F2N2O2S/c13-10-5-3-6-11(12(10)14)19(17,18)16-7-2-1-4-9(16)8-15/h3,5-6,9H,1-2,4,7-8,15H2. The van der Waals surface area contributed by atoms with Gasteiger partial charge in [-0.25, -0.2) is 17.2 Å². The molecule has 1 aromatic rings. The number of hydrogen-bond donors (Lipinski definition) is 1. The molecular formula is C12H16F2N2O2S. The summed E-state index contributed by atoms with van der Waals surface area (Å²) in [5, 5.41) is 0. The first kappa shape index (κ1) is 14.4. The smallest absolute Gasteiger partial charge is 0.246 e. The number of rotatable bonds is 3. The van der Waals surface area contributed by atoms with E-state index in [1.807, 2.05) is 0 Å². The minimum atomic E-state index is -4.04. The summed E-state index contributed by atoms with van der Waals surface area (Å²) in [5.41, 5.74) is 5.56. The molecule has 1 aliphatic rings. The molecule has 0 radical (unpaired) electrons. The summed E-state index contributed by atoms with van der Waals surface area (Å²) in [6, 6.07) is 2.81. The highest BCUT2D eigenvalue weighted by Crippen LogP contribution is 2.27. The minimum absolute atomic E-state index is 0.177. The fourth-order valence-corrected chi connectivity index (χ4v) is 4.12. The number of sulfonamides is 1. The summed E-state index contributed by atoms with van der Waals surface area (Å²) in [4.78, 5) is -0.618. The van der Waals surface area contributed by atoms with Crippen LogP contribution in [0.3, 0.4) is 0 Å². The van der Waals surface area contributed by atoms with Crippen molar-refractivity contribution in [3.8, 4) is 0 Å². The quantitative estimate of drug-likeness (QED) is 0.917. The second-order valence-electron chi connectivity index (χ2n) is 4.55. The molecule has 1 aliphatic heterocycles. The monoisotopic (exact) mass is 290 g/mol. The molecule has 4 nitrogen and oxygen atoms in total. The molecule has 0 amide bonds. The first-order chi connectivity index (χ1) is 8.98. The Morgan fingerprint density at radius 2 is 2.05 bits per heavy atom. The average molecular weight is 290 g/mol. The van der Waals surface area contributed by atoms with Crippen molar-refractivity contribution in [3.05, 3.63) is 29.8 Å². The zero-order valence-corrected chi connectivity index (χ0v) is 11.2. The summed E-state index contributed by atoms with van der Waals surface area (Å²) in [7, 11) is -4.04. The van der Waals surface area contributed by atoms with Crippen LogP contribution in [0.2, 0.25) is 0 Å². The predicted octanol–water partition coefficient (Wildman–Crippen LogP) is 1.47. The van der Waals surface area contributed by atoms with E-state index >= 15 is 0 Å². The lowest BCUT2D eigenvalue weighted by Gasteiger charge is -2.33. The van der Waals surface area contributed by atoms with E-state index in [4.69, 9.17) is 5.73 Å². The van der Waals surface area contributed by atoms with Crippen LogP contribution in [0.4, 0.5) is 8.78 Å². The Morgan fingerprint density at radius 3 is 2.74 bits per heavy atom. The molecule has 7 heteroatoms. The molecule has 0 spiro atoms. The molecule has 2 rings (SSSR count). The molecule has 0 saturated carbocycles. The number of halogens is 2. The Hall–Kier alpha value is -1.05. The maximum absolute atomic E-state index is 13.7. The van der Waals surface area contributed by atoms with Crippen LogP contribution in [-0.4, -0.2) is 31.9 Å². The highest BCUT2D eigenvalue weighted by atomic mass is 32.2. The molecule has 1 aromatic carbocycles. The van der Waals surface area contributed by atoms with Gasteiger partial charge >= 0.3 is 0 Å². The van der Waals surface area contributed by atoms with E-state index in [1.165, 1.54) is 10.4 Å². The number of hydrogen-bond acceptors (Lipinski definition) is 3. The van der Waals surface area contributed by atoms with Crippen molar-refractivity contribution < 1.29 is 17.2 Å².